The second kappa shape index (κ2) is 8.77. The molecule has 2 saturated heterocycles. The average Bonchev–Trinajstić information content (AvgIpc) is 3.23. The van der Waals surface area contributed by atoms with Crippen LogP contribution in [0.2, 0.25) is 0 Å². The lowest BCUT2D eigenvalue weighted by Gasteiger charge is -2.45. The summed E-state index contributed by atoms with van der Waals surface area (Å²) in [5.41, 5.74) is 0.972. The Kier molecular flexibility index (Phi) is 5.96. The number of morpholine rings is 1. The Morgan fingerprint density at radius 1 is 1.11 bits per heavy atom. The molecule has 8 nitrogen and oxygen atoms in total. The van der Waals surface area contributed by atoms with Crippen molar-refractivity contribution in [2.75, 3.05) is 50.9 Å². The van der Waals surface area contributed by atoms with Crippen molar-refractivity contribution >= 4 is 5.95 Å². The summed E-state index contributed by atoms with van der Waals surface area (Å²) in [6.45, 7) is 5.73. The number of anilines is 1. The molecule has 2 aliphatic heterocycles. The zero-order valence-electron chi connectivity index (χ0n) is 15.7. The van der Waals surface area contributed by atoms with Gasteiger partial charge in [0.1, 0.15) is 0 Å². The third kappa shape index (κ3) is 4.12. The third-order valence-electron chi connectivity index (χ3n) is 5.68. The molecule has 1 N–H and O–H groups in total. The number of aromatic nitrogens is 4. The summed E-state index contributed by atoms with van der Waals surface area (Å²) >= 11 is 0. The number of ether oxygens (including phenoxy) is 1. The lowest BCUT2D eigenvalue weighted by molar-refractivity contribution is -0.00423. The number of para-hydroxylation sites is 1. The normalized spacial score (nSPS) is 24.3. The Balaban J connectivity index is 1.52. The highest BCUT2D eigenvalue weighted by atomic mass is 16.5. The number of hydrogen-bond donors (Lipinski definition) is 1. The predicted molar refractivity (Wildman–Crippen MR) is 102 cm³/mol. The molecule has 0 bridgehead atoms. The smallest absolute Gasteiger partial charge is 0.250 e. The van der Waals surface area contributed by atoms with Crippen molar-refractivity contribution in [3.63, 3.8) is 0 Å². The van der Waals surface area contributed by atoms with E-state index in [4.69, 9.17) is 4.74 Å². The number of aliphatic hydroxyl groups excluding tert-OH is 1. The van der Waals surface area contributed by atoms with Crippen LogP contribution >= 0.6 is 0 Å². The summed E-state index contributed by atoms with van der Waals surface area (Å²) in [6, 6.07) is 10.6. The van der Waals surface area contributed by atoms with E-state index in [-0.39, 0.29) is 6.61 Å². The van der Waals surface area contributed by atoms with Crippen molar-refractivity contribution in [3.8, 4) is 5.69 Å². The summed E-state index contributed by atoms with van der Waals surface area (Å²) in [7, 11) is 0. The first-order chi connectivity index (χ1) is 13.4. The Labute approximate surface area is 159 Å². The number of hydrogen-bond acceptors (Lipinski definition) is 7. The average molecular weight is 372 g/mol. The molecular formula is C19H28N6O2. The van der Waals surface area contributed by atoms with Gasteiger partial charge in [0.05, 0.1) is 18.9 Å². The molecule has 2 fully saturated rings. The summed E-state index contributed by atoms with van der Waals surface area (Å²) in [6.07, 6.45) is 2.93. The van der Waals surface area contributed by atoms with Gasteiger partial charge in [-0.15, -0.1) is 0 Å². The quantitative estimate of drug-likeness (QED) is 0.809. The molecule has 1 aromatic heterocycles. The molecule has 0 radical (unpaired) electrons. The van der Waals surface area contributed by atoms with Crippen LogP contribution in [0.5, 0.6) is 0 Å². The maximum atomic E-state index is 9.35. The Hall–Kier alpha value is -2.03. The molecule has 146 valence electrons. The van der Waals surface area contributed by atoms with Crippen LogP contribution in [0.15, 0.2) is 30.3 Å². The maximum absolute atomic E-state index is 9.35. The molecule has 1 aromatic carbocycles. The Morgan fingerprint density at radius 3 is 2.70 bits per heavy atom. The minimum atomic E-state index is 0.244. The van der Waals surface area contributed by atoms with Crippen LogP contribution in [0.4, 0.5) is 5.95 Å². The van der Waals surface area contributed by atoms with Gasteiger partial charge < -0.3 is 14.7 Å². The van der Waals surface area contributed by atoms with Crippen LogP contribution in [-0.2, 0) is 4.74 Å². The number of nitrogens with zero attached hydrogens (tertiary/aromatic N) is 6. The monoisotopic (exact) mass is 372 g/mol. The van der Waals surface area contributed by atoms with Gasteiger partial charge in [0.25, 0.3) is 0 Å². The van der Waals surface area contributed by atoms with Crippen molar-refractivity contribution < 1.29 is 9.84 Å². The molecule has 2 aromatic rings. The van der Waals surface area contributed by atoms with E-state index in [0.717, 1.165) is 70.3 Å². The van der Waals surface area contributed by atoms with Crippen LogP contribution < -0.4 is 4.90 Å². The fourth-order valence-corrected chi connectivity index (χ4v) is 4.34. The third-order valence-corrected chi connectivity index (χ3v) is 5.68. The van der Waals surface area contributed by atoms with Crippen LogP contribution in [-0.4, -0.2) is 82.3 Å². The maximum Gasteiger partial charge on any atom is 0.250 e. The van der Waals surface area contributed by atoms with E-state index < -0.39 is 0 Å². The van der Waals surface area contributed by atoms with Crippen molar-refractivity contribution in [2.45, 2.75) is 25.3 Å². The SMILES string of the molecule is OCCC[C@@H]1CN(c2nnnn2-c2ccccc2)CC[C@@H]1N1CCOCC1. The molecule has 3 heterocycles. The fourth-order valence-electron chi connectivity index (χ4n) is 4.34. The van der Waals surface area contributed by atoms with Crippen molar-refractivity contribution in [2.24, 2.45) is 5.92 Å². The van der Waals surface area contributed by atoms with E-state index in [1.165, 1.54) is 0 Å². The number of tetrazole rings is 1. The van der Waals surface area contributed by atoms with Crippen molar-refractivity contribution in [1.82, 2.24) is 25.1 Å². The molecule has 0 saturated carbocycles. The molecule has 27 heavy (non-hydrogen) atoms. The zero-order chi connectivity index (χ0) is 18.5. The highest BCUT2D eigenvalue weighted by molar-refractivity contribution is 5.41. The highest BCUT2D eigenvalue weighted by Crippen LogP contribution is 2.29. The second-order valence-corrected chi connectivity index (χ2v) is 7.30. The molecule has 0 aliphatic carbocycles. The Bertz CT molecular complexity index is 703. The van der Waals surface area contributed by atoms with E-state index in [0.29, 0.717) is 12.0 Å². The number of rotatable bonds is 6. The van der Waals surface area contributed by atoms with Crippen LogP contribution in [0.1, 0.15) is 19.3 Å². The van der Waals surface area contributed by atoms with Gasteiger partial charge in [-0.2, -0.15) is 4.68 Å². The minimum Gasteiger partial charge on any atom is -0.396 e. The molecular weight excluding hydrogens is 344 g/mol. The largest absolute Gasteiger partial charge is 0.396 e. The molecule has 0 spiro atoms. The number of piperidine rings is 1. The van der Waals surface area contributed by atoms with Crippen molar-refractivity contribution in [1.29, 1.82) is 0 Å². The lowest BCUT2D eigenvalue weighted by atomic mass is 9.87. The van der Waals surface area contributed by atoms with Crippen molar-refractivity contribution in [3.05, 3.63) is 30.3 Å². The zero-order valence-corrected chi connectivity index (χ0v) is 15.7. The summed E-state index contributed by atoms with van der Waals surface area (Å²) in [5, 5.41) is 21.8. The van der Waals surface area contributed by atoms with Gasteiger partial charge >= 0.3 is 0 Å². The number of benzene rings is 1. The van der Waals surface area contributed by atoms with E-state index in [1.807, 2.05) is 35.0 Å². The first kappa shape index (κ1) is 18.3. The van der Waals surface area contributed by atoms with E-state index in [2.05, 4.69) is 25.3 Å². The number of aliphatic hydroxyl groups is 1. The summed E-state index contributed by atoms with van der Waals surface area (Å²) in [4.78, 5) is 4.87. The topological polar surface area (TPSA) is 79.5 Å². The van der Waals surface area contributed by atoms with Gasteiger partial charge in [-0.1, -0.05) is 23.3 Å². The van der Waals surface area contributed by atoms with Gasteiger partial charge in [-0.25, -0.2) is 0 Å². The van der Waals surface area contributed by atoms with Gasteiger partial charge in [0.15, 0.2) is 0 Å². The first-order valence-corrected chi connectivity index (χ1v) is 9.88. The second-order valence-electron chi connectivity index (χ2n) is 7.30. The molecule has 2 atom stereocenters. The molecule has 4 rings (SSSR count). The lowest BCUT2D eigenvalue weighted by Crippen LogP contribution is -2.54. The molecule has 0 unspecified atom stereocenters. The van der Waals surface area contributed by atoms with Gasteiger partial charge in [-0.3, -0.25) is 4.90 Å². The summed E-state index contributed by atoms with van der Waals surface area (Å²) in [5.74, 6) is 1.29. The molecule has 0 amide bonds. The van der Waals surface area contributed by atoms with Gasteiger partial charge in [-0.05, 0) is 47.7 Å². The van der Waals surface area contributed by atoms with Gasteiger partial charge in [0.2, 0.25) is 5.95 Å². The summed E-state index contributed by atoms with van der Waals surface area (Å²) < 4.78 is 7.35. The van der Waals surface area contributed by atoms with Gasteiger partial charge in [0, 0.05) is 38.8 Å². The minimum absolute atomic E-state index is 0.244. The highest BCUT2D eigenvalue weighted by Gasteiger charge is 2.35. The van der Waals surface area contributed by atoms with Crippen LogP contribution in [0.25, 0.3) is 5.69 Å². The van der Waals surface area contributed by atoms with E-state index in [1.54, 1.807) is 0 Å². The molecule has 8 heteroatoms. The predicted octanol–water partition coefficient (Wildman–Crippen LogP) is 0.962. The standard InChI is InChI=1S/C19H28N6O2/c26-12-4-5-16-15-24(9-8-18(16)23-10-13-27-14-11-23)19-20-21-22-25(19)17-6-2-1-3-7-17/h1-3,6-7,16,18,26H,4-5,8-15H2/t16-,18+/m1/s1. The van der Waals surface area contributed by atoms with Crippen LogP contribution in [0.3, 0.4) is 0 Å². The van der Waals surface area contributed by atoms with E-state index >= 15 is 0 Å². The first-order valence-electron chi connectivity index (χ1n) is 9.88. The Morgan fingerprint density at radius 2 is 1.93 bits per heavy atom. The van der Waals surface area contributed by atoms with E-state index in [9.17, 15) is 5.11 Å². The van der Waals surface area contributed by atoms with Crippen LogP contribution in [0, 0.1) is 5.92 Å². The molecule has 2 aliphatic rings. The fraction of sp³-hybridized carbons (Fsp3) is 0.632.